The molecule has 0 aromatic carbocycles. The second-order valence-electron chi connectivity index (χ2n) is 7.22. The average Bonchev–Trinajstić information content (AvgIpc) is 3.05. The lowest BCUT2D eigenvalue weighted by molar-refractivity contribution is -0.131. The van der Waals surface area contributed by atoms with Gasteiger partial charge in [-0.15, -0.1) is 0 Å². The molecule has 1 amide bonds. The Morgan fingerprint density at radius 2 is 2.04 bits per heavy atom. The summed E-state index contributed by atoms with van der Waals surface area (Å²) in [5.74, 6) is 0.848. The van der Waals surface area contributed by atoms with Crippen molar-refractivity contribution in [2.45, 2.75) is 50.6 Å². The Kier molecular flexibility index (Phi) is 4.35. The predicted molar refractivity (Wildman–Crippen MR) is 88.1 cm³/mol. The molecule has 1 aromatic rings. The molecule has 126 valence electrons. The first-order chi connectivity index (χ1) is 11.3. The highest BCUT2D eigenvalue weighted by Crippen LogP contribution is 2.33. The van der Waals surface area contributed by atoms with E-state index in [2.05, 4.69) is 25.3 Å². The molecule has 3 fully saturated rings. The van der Waals surface area contributed by atoms with Gasteiger partial charge in [0, 0.05) is 56.4 Å². The molecular formula is C17H27N5O. The first-order valence-corrected chi connectivity index (χ1v) is 9.07. The summed E-state index contributed by atoms with van der Waals surface area (Å²) in [7, 11) is 0. The Hall–Kier alpha value is -1.40. The lowest BCUT2D eigenvalue weighted by Crippen LogP contribution is -2.63. The van der Waals surface area contributed by atoms with Crippen LogP contribution in [0.5, 0.6) is 0 Å². The second-order valence-corrected chi connectivity index (χ2v) is 7.22. The van der Waals surface area contributed by atoms with Crippen LogP contribution in [0.2, 0.25) is 0 Å². The summed E-state index contributed by atoms with van der Waals surface area (Å²) < 4.78 is 0. The fourth-order valence-electron chi connectivity index (χ4n) is 4.41. The first kappa shape index (κ1) is 15.1. The van der Waals surface area contributed by atoms with Crippen LogP contribution in [-0.2, 0) is 11.3 Å². The van der Waals surface area contributed by atoms with Crippen LogP contribution in [0.4, 0.5) is 0 Å². The number of amides is 1. The number of rotatable bonds is 3. The molecule has 1 atom stereocenters. The van der Waals surface area contributed by atoms with Gasteiger partial charge in [0.25, 0.3) is 0 Å². The maximum absolute atomic E-state index is 12.1. The van der Waals surface area contributed by atoms with Crippen LogP contribution in [0.3, 0.4) is 0 Å². The number of aromatic amines is 1. The molecule has 3 aliphatic rings. The molecule has 6 heteroatoms. The molecule has 3 heterocycles. The number of aromatic nitrogens is 2. The smallest absolute Gasteiger partial charge is 0.238 e. The van der Waals surface area contributed by atoms with Crippen molar-refractivity contribution < 1.29 is 4.79 Å². The van der Waals surface area contributed by atoms with Crippen LogP contribution >= 0.6 is 0 Å². The number of nitrogens with one attached hydrogen (secondary N) is 2. The highest BCUT2D eigenvalue weighted by molar-refractivity contribution is 5.82. The Morgan fingerprint density at radius 1 is 1.17 bits per heavy atom. The summed E-state index contributed by atoms with van der Waals surface area (Å²) in [6.45, 7) is 5.57. The van der Waals surface area contributed by atoms with Crippen molar-refractivity contribution in [3.05, 3.63) is 17.5 Å². The molecule has 1 aromatic heterocycles. The molecule has 4 rings (SSSR count). The minimum Gasteiger partial charge on any atom is -0.353 e. The van der Waals surface area contributed by atoms with E-state index in [0.29, 0.717) is 5.92 Å². The number of carbonyl (C=O) groups excluding carboxylic acids is 1. The van der Waals surface area contributed by atoms with E-state index < -0.39 is 0 Å². The molecule has 23 heavy (non-hydrogen) atoms. The molecule has 0 unspecified atom stereocenters. The standard InChI is InChI=1S/C17H27N5O/c23-17-15-12-21(8-9-22(15)7-6-18-17)11-14-10-19-20-16(14)13-4-2-1-3-5-13/h10,13,15H,1-9,11-12H2,(H,18,23)(H,19,20)/t15-/m0/s1. The minimum atomic E-state index is 0.0301. The van der Waals surface area contributed by atoms with Crippen LogP contribution in [0.15, 0.2) is 6.20 Å². The SMILES string of the molecule is O=C1NCCN2CCN(Cc3cn[nH]c3C3CCCCC3)C[C@@H]12. The van der Waals surface area contributed by atoms with E-state index in [1.807, 2.05) is 6.20 Å². The van der Waals surface area contributed by atoms with E-state index in [-0.39, 0.29) is 11.9 Å². The summed E-state index contributed by atoms with van der Waals surface area (Å²) >= 11 is 0. The quantitative estimate of drug-likeness (QED) is 0.875. The molecule has 6 nitrogen and oxygen atoms in total. The largest absolute Gasteiger partial charge is 0.353 e. The highest BCUT2D eigenvalue weighted by atomic mass is 16.2. The number of hydrogen-bond donors (Lipinski definition) is 2. The molecule has 2 saturated heterocycles. The zero-order chi connectivity index (χ0) is 15.6. The molecule has 1 aliphatic carbocycles. The Morgan fingerprint density at radius 3 is 2.91 bits per heavy atom. The monoisotopic (exact) mass is 317 g/mol. The fraction of sp³-hybridized carbons (Fsp3) is 0.765. The average molecular weight is 317 g/mol. The van der Waals surface area contributed by atoms with E-state index in [1.165, 1.54) is 43.4 Å². The third-order valence-electron chi connectivity index (χ3n) is 5.73. The molecule has 1 saturated carbocycles. The Balaban J connectivity index is 1.42. The minimum absolute atomic E-state index is 0.0301. The predicted octanol–water partition coefficient (Wildman–Crippen LogP) is 1.07. The highest BCUT2D eigenvalue weighted by Gasteiger charge is 2.35. The molecule has 0 spiro atoms. The summed E-state index contributed by atoms with van der Waals surface area (Å²) in [6.07, 6.45) is 8.62. The topological polar surface area (TPSA) is 64.3 Å². The van der Waals surface area contributed by atoms with Crippen molar-refractivity contribution >= 4 is 5.91 Å². The summed E-state index contributed by atoms with van der Waals surface area (Å²) in [5.41, 5.74) is 2.68. The van der Waals surface area contributed by atoms with Crippen LogP contribution in [0.25, 0.3) is 0 Å². The van der Waals surface area contributed by atoms with Crippen molar-refractivity contribution in [2.24, 2.45) is 0 Å². The van der Waals surface area contributed by atoms with Crippen molar-refractivity contribution in [3.8, 4) is 0 Å². The van der Waals surface area contributed by atoms with Crippen LogP contribution < -0.4 is 5.32 Å². The number of fused-ring (bicyclic) bond motifs is 1. The van der Waals surface area contributed by atoms with Crippen molar-refractivity contribution in [2.75, 3.05) is 32.7 Å². The van der Waals surface area contributed by atoms with Gasteiger partial charge >= 0.3 is 0 Å². The molecule has 2 N–H and O–H groups in total. The summed E-state index contributed by atoms with van der Waals surface area (Å²) in [4.78, 5) is 16.8. The lowest BCUT2D eigenvalue weighted by Gasteiger charge is -2.43. The van der Waals surface area contributed by atoms with Gasteiger partial charge in [-0.05, 0) is 12.8 Å². The van der Waals surface area contributed by atoms with Gasteiger partial charge in [-0.1, -0.05) is 19.3 Å². The molecule has 0 radical (unpaired) electrons. The van der Waals surface area contributed by atoms with Crippen molar-refractivity contribution in [1.82, 2.24) is 25.3 Å². The van der Waals surface area contributed by atoms with E-state index in [4.69, 9.17) is 0 Å². The molecule has 2 aliphatic heterocycles. The normalized spacial score (nSPS) is 27.7. The van der Waals surface area contributed by atoms with E-state index in [1.54, 1.807) is 0 Å². The Bertz CT molecular complexity index is 551. The third kappa shape index (κ3) is 3.15. The number of carbonyl (C=O) groups is 1. The Labute approximate surface area is 137 Å². The fourth-order valence-corrected chi connectivity index (χ4v) is 4.41. The van der Waals surface area contributed by atoms with Gasteiger partial charge in [-0.2, -0.15) is 5.10 Å². The summed E-state index contributed by atoms with van der Waals surface area (Å²) in [5, 5.41) is 10.6. The lowest BCUT2D eigenvalue weighted by atomic mass is 9.85. The molecular weight excluding hydrogens is 290 g/mol. The van der Waals surface area contributed by atoms with Crippen LogP contribution in [0, 0.1) is 0 Å². The molecule has 0 bridgehead atoms. The van der Waals surface area contributed by atoms with Gasteiger partial charge in [0.05, 0.1) is 6.20 Å². The van der Waals surface area contributed by atoms with Gasteiger partial charge in [0.2, 0.25) is 5.91 Å². The maximum Gasteiger partial charge on any atom is 0.238 e. The maximum atomic E-state index is 12.1. The van der Waals surface area contributed by atoms with Crippen LogP contribution in [-0.4, -0.2) is 64.7 Å². The van der Waals surface area contributed by atoms with Gasteiger partial charge < -0.3 is 5.32 Å². The summed E-state index contributed by atoms with van der Waals surface area (Å²) in [6, 6.07) is 0.0301. The van der Waals surface area contributed by atoms with Crippen molar-refractivity contribution in [1.29, 1.82) is 0 Å². The zero-order valence-corrected chi connectivity index (χ0v) is 13.8. The van der Waals surface area contributed by atoms with Gasteiger partial charge in [-0.3, -0.25) is 19.7 Å². The van der Waals surface area contributed by atoms with Gasteiger partial charge in [0.1, 0.15) is 6.04 Å². The number of piperazine rings is 2. The second kappa shape index (κ2) is 6.61. The van der Waals surface area contributed by atoms with E-state index >= 15 is 0 Å². The van der Waals surface area contributed by atoms with Crippen LogP contribution in [0.1, 0.15) is 49.3 Å². The first-order valence-electron chi connectivity index (χ1n) is 9.07. The number of hydrogen-bond acceptors (Lipinski definition) is 4. The van der Waals surface area contributed by atoms with Gasteiger partial charge in [-0.25, -0.2) is 0 Å². The van der Waals surface area contributed by atoms with Crippen molar-refractivity contribution in [3.63, 3.8) is 0 Å². The number of nitrogens with zero attached hydrogens (tertiary/aromatic N) is 3. The van der Waals surface area contributed by atoms with E-state index in [9.17, 15) is 4.79 Å². The third-order valence-corrected chi connectivity index (χ3v) is 5.73. The van der Waals surface area contributed by atoms with Gasteiger partial charge in [0.15, 0.2) is 0 Å². The zero-order valence-electron chi connectivity index (χ0n) is 13.8. The van der Waals surface area contributed by atoms with E-state index in [0.717, 1.165) is 39.3 Å². The number of H-pyrrole nitrogens is 1.